The van der Waals surface area contributed by atoms with Gasteiger partial charge >= 0.3 is 11.7 Å². The maximum atomic E-state index is 11.1. The third-order valence-corrected chi connectivity index (χ3v) is 2.30. The van der Waals surface area contributed by atoms with E-state index in [0.29, 0.717) is 6.42 Å². The fourth-order valence-electron chi connectivity index (χ4n) is 1.51. The van der Waals surface area contributed by atoms with Crippen molar-refractivity contribution < 1.29 is 14.8 Å². The Labute approximate surface area is 104 Å². The number of carboxylic acids is 1. The molecular weight excluding hydrogens is 238 g/mol. The lowest BCUT2D eigenvalue weighted by atomic mass is 10.0. The van der Waals surface area contributed by atoms with Crippen molar-refractivity contribution in [2.45, 2.75) is 26.3 Å². The molecule has 0 bridgehead atoms. The first kappa shape index (κ1) is 13.9. The number of rotatable bonds is 6. The van der Waals surface area contributed by atoms with E-state index in [0.717, 1.165) is 0 Å². The number of nitrogens with one attached hydrogen (secondary N) is 1. The Morgan fingerprint density at radius 2 is 2.28 bits per heavy atom. The minimum Gasteiger partial charge on any atom is -0.480 e. The van der Waals surface area contributed by atoms with Gasteiger partial charge in [-0.1, -0.05) is 13.8 Å². The van der Waals surface area contributed by atoms with Crippen LogP contribution in [0.15, 0.2) is 18.3 Å². The maximum Gasteiger partial charge on any atom is 0.326 e. The van der Waals surface area contributed by atoms with Crippen molar-refractivity contribution in [3.63, 3.8) is 0 Å². The highest BCUT2D eigenvalue weighted by Gasteiger charge is 2.23. The van der Waals surface area contributed by atoms with Crippen molar-refractivity contribution in [3.8, 4) is 0 Å². The molecule has 0 saturated heterocycles. The Kier molecular flexibility index (Phi) is 4.59. The van der Waals surface area contributed by atoms with Gasteiger partial charge < -0.3 is 10.4 Å². The van der Waals surface area contributed by atoms with E-state index >= 15 is 0 Å². The Morgan fingerprint density at radius 3 is 2.78 bits per heavy atom. The van der Waals surface area contributed by atoms with Crippen molar-refractivity contribution in [3.05, 3.63) is 28.4 Å². The Bertz CT molecular complexity index is 448. The first-order chi connectivity index (χ1) is 8.41. The molecule has 0 aliphatic rings. The molecule has 1 atom stereocenters. The number of hydrogen-bond donors (Lipinski definition) is 2. The molecule has 0 spiro atoms. The third-order valence-electron chi connectivity index (χ3n) is 2.30. The van der Waals surface area contributed by atoms with Crippen LogP contribution in [0.1, 0.15) is 20.3 Å². The molecule has 0 amide bonds. The second-order valence-corrected chi connectivity index (χ2v) is 4.29. The molecule has 1 aromatic heterocycles. The highest BCUT2D eigenvalue weighted by molar-refractivity contribution is 5.78. The lowest BCUT2D eigenvalue weighted by Crippen LogP contribution is -2.31. The van der Waals surface area contributed by atoms with Crippen molar-refractivity contribution in [1.82, 2.24) is 4.98 Å². The topological polar surface area (TPSA) is 105 Å². The first-order valence-corrected chi connectivity index (χ1v) is 5.50. The molecule has 18 heavy (non-hydrogen) atoms. The van der Waals surface area contributed by atoms with Gasteiger partial charge in [-0.15, -0.1) is 0 Å². The van der Waals surface area contributed by atoms with Gasteiger partial charge in [-0.05, 0) is 18.4 Å². The zero-order valence-electron chi connectivity index (χ0n) is 10.2. The zero-order chi connectivity index (χ0) is 13.7. The summed E-state index contributed by atoms with van der Waals surface area (Å²) < 4.78 is 0. The molecule has 0 unspecified atom stereocenters. The quantitative estimate of drug-likeness (QED) is 0.592. The van der Waals surface area contributed by atoms with Gasteiger partial charge in [0.2, 0.25) is 5.82 Å². The Balaban J connectivity index is 2.93. The van der Waals surface area contributed by atoms with Gasteiger partial charge in [0.05, 0.1) is 4.92 Å². The fraction of sp³-hybridized carbons (Fsp3) is 0.455. The van der Waals surface area contributed by atoms with Gasteiger partial charge in [0.15, 0.2) is 0 Å². The summed E-state index contributed by atoms with van der Waals surface area (Å²) in [6.07, 6.45) is 1.74. The number of pyridine rings is 1. The van der Waals surface area contributed by atoms with E-state index in [1.807, 2.05) is 13.8 Å². The molecular formula is C11H15N3O4. The van der Waals surface area contributed by atoms with E-state index in [1.54, 1.807) is 0 Å². The van der Waals surface area contributed by atoms with Crippen LogP contribution in [0.4, 0.5) is 11.5 Å². The summed E-state index contributed by atoms with van der Waals surface area (Å²) >= 11 is 0. The lowest BCUT2D eigenvalue weighted by molar-refractivity contribution is -0.384. The number of aliphatic carboxylic acids is 1. The van der Waals surface area contributed by atoms with Crippen molar-refractivity contribution in [1.29, 1.82) is 0 Å². The summed E-state index contributed by atoms with van der Waals surface area (Å²) in [5, 5.41) is 22.4. The number of nitrogens with zero attached hydrogens (tertiary/aromatic N) is 2. The molecule has 0 aliphatic carbocycles. The molecule has 0 fully saturated rings. The molecule has 0 aromatic carbocycles. The molecule has 7 nitrogen and oxygen atoms in total. The van der Waals surface area contributed by atoms with Gasteiger partial charge in [-0.2, -0.15) is 0 Å². The number of nitro groups is 1. The summed E-state index contributed by atoms with van der Waals surface area (Å²) in [7, 11) is 0. The average Bonchev–Trinajstić information content (AvgIpc) is 2.27. The predicted octanol–water partition coefficient (Wildman–Crippen LogP) is 1.90. The van der Waals surface area contributed by atoms with Crippen LogP contribution in [-0.4, -0.2) is 27.0 Å². The number of anilines is 1. The van der Waals surface area contributed by atoms with Gasteiger partial charge in [0.25, 0.3) is 0 Å². The average molecular weight is 253 g/mol. The molecule has 0 saturated carbocycles. The van der Waals surface area contributed by atoms with Crippen LogP contribution in [-0.2, 0) is 4.79 Å². The van der Waals surface area contributed by atoms with Crippen LogP contribution in [0.5, 0.6) is 0 Å². The molecule has 1 aromatic rings. The smallest absolute Gasteiger partial charge is 0.326 e. The normalized spacial score (nSPS) is 12.2. The second-order valence-electron chi connectivity index (χ2n) is 4.29. The van der Waals surface area contributed by atoms with E-state index in [4.69, 9.17) is 5.11 Å². The van der Waals surface area contributed by atoms with E-state index in [1.165, 1.54) is 18.3 Å². The summed E-state index contributed by atoms with van der Waals surface area (Å²) in [4.78, 5) is 25.1. The lowest BCUT2D eigenvalue weighted by Gasteiger charge is -2.16. The minimum absolute atomic E-state index is 0.0180. The van der Waals surface area contributed by atoms with E-state index < -0.39 is 16.9 Å². The Morgan fingerprint density at radius 1 is 1.61 bits per heavy atom. The molecule has 98 valence electrons. The van der Waals surface area contributed by atoms with E-state index in [2.05, 4.69) is 10.3 Å². The van der Waals surface area contributed by atoms with Crippen LogP contribution in [0.2, 0.25) is 0 Å². The fourth-order valence-corrected chi connectivity index (χ4v) is 1.51. The summed E-state index contributed by atoms with van der Waals surface area (Å²) in [6.45, 7) is 3.76. The predicted molar refractivity (Wildman–Crippen MR) is 65.4 cm³/mol. The molecule has 7 heteroatoms. The number of hydrogen-bond acceptors (Lipinski definition) is 5. The van der Waals surface area contributed by atoms with Crippen LogP contribution in [0.25, 0.3) is 0 Å². The number of carbonyl (C=O) groups is 1. The highest BCUT2D eigenvalue weighted by atomic mass is 16.6. The van der Waals surface area contributed by atoms with Gasteiger partial charge in [0, 0.05) is 12.3 Å². The summed E-state index contributed by atoms with van der Waals surface area (Å²) in [5.74, 6) is -0.916. The molecule has 1 heterocycles. The van der Waals surface area contributed by atoms with Crippen molar-refractivity contribution >= 4 is 17.5 Å². The zero-order valence-corrected chi connectivity index (χ0v) is 10.2. The maximum absolute atomic E-state index is 11.1. The second kappa shape index (κ2) is 5.95. The Hall–Kier alpha value is -2.18. The number of carboxylic acid groups (broad SMARTS) is 1. The number of aromatic nitrogens is 1. The largest absolute Gasteiger partial charge is 0.480 e. The van der Waals surface area contributed by atoms with Gasteiger partial charge in [-0.3, -0.25) is 10.1 Å². The van der Waals surface area contributed by atoms with E-state index in [-0.39, 0.29) is 17.4 Å². The van der Waals surface area contributed by atoms with Crippen LogP contribution in [0, 0.1) is 16.0 Å². The standard InChI is InChI=1S/C11H15N3O4/c1-7(2)6-8(11(15)16)13-10-9(14(17)18)4-3-5-12-10/h3-5,7-8H,6H2,1-2H3,(H,12,13)(H,15,16)/t8-/m0/s1. The molecule has 2 N–H and O–H groups in total. The molecule has 1 rings (SSSR count). The molecule has 0 radical (unpaired) electrons. The van der Waals surface area contributed by atoms with Gasteiger partial charge in [0.1, 0.15) is 6.04 Å². The summed E-state index contributed by atoms with van der Waals surface area (Å²) in [5.41, 5.74) is -0.229. The van der Waals surface area contributed by atoms with Crippen molar-refractivity contribution in [2.24, 2.45) is 5.92 Å². The monoisotopic (exact) mass is 253 g/mol. The van der Waals surface area contributed by atoms with Crippen LogP contribution < -0.4 is 5.32 Å². The SMILES string of the molecule is CC(C)C[C@H](Nc1ncccc1[N+](=O)[O-])C(=O)O. The highest BCUT2D eigenvalue weighted by Crippen LogP contribution is 2.22. The molecule has 0 aliphatic heterocycles. The summed E-state index contributed by atoms with van der Waals surface area (Å²) in [6, 6.07) is 1.82. The van der Waals surface area contributed by atoms with Gasteiger partial charge in [-0.25, -0.2) is 9.78 Å². The van der Waals surface area contributed by atoms with E-state index in [9.17, 15) is 14.9 Å². The first-order valence-electron chi connectivity index (χ1n) is 5.50. The third kappa shape index (κ3) is 3.69. The minimum atomic E-state index is -1.05. The van der Waals surface area contributed by atoms with Crippen LogP contribution >= 0.6 is 0 Å². The van der Waals surface area contributed by atoms with Crippen LogP contribution in [0.3, 0.4) is 0 Å². The van der Waals surface area contributed by atoms with Crippen molar-refractivity contribution in [2.75, 3.05) is 5.32 Å².